The first kappa shape index (κ1) is 13.2. The van der Waals surface area contributed by atoms with Crippen molar-refractivity contribution in [1.29, 1.82) is 0 Å². The van der Waals surface area contributed by atoms with E-state index in [4.69, 9.17) is 5.73 Å². The molecule has 2 aromatic rings. The maximum absolute atomic E-state index is 13.1. The summed E-state index contributed by atoms with van der Waals surface area (Å²) in [5.74, 6) is -1.38. The molecule has 0 radical (unpaired) electrons. The number of benzene rings is 1. The van der Waals surface area contributed by atoms with Crippen LogP contribution in [0.25, 0.3) is 0 Å². The Morgan fingerprint density at radius 3 is 2.68 bits per heavy atom. The van der Waals surface area contributed by atoms with Crippen molar-refractivity contribution in [1.82, 2.24) is 0 Å². The van der Waals surface area contributed by atoms with Crippen LogP contribution >= 0.6 is 11.3 Å². The van der Waals surface area contributed by atoms with E-state index in [1.807, 2.05) is 0 Å². The SMILES string of the molecule is Cc1cc(C(=O)Nc2sccc2C(N)=O)ccc1F. The maximum atomic E-state index is 13.1. The minimum Gasteiger partial charge on any atom is -0.366 e. The number of nitrogens with one attached hydrogen (secondary N) is 1. The van der Waals surface area contributed by atoms with Crippen molar-refractivity contribution in [3.8, 4) is 0 Å². The Morgan fingerprint density at radius 2 is 2.05 bits per heavy atom. The molecule has 0 aliphatic carbocycles. The first-order chi connectivity index (χ1) is 8.99. The number of amides is 2. The van der Waals surface area contributed by atoms with Crippen molar-refractivity contribution in [3.05, 3.63) is 52.2 Å². The third kappa shape index (κ3) is 2.79. The van der Waals surface area contributed by atoms with Crippen LogP contribution < -0.4 is 11.1 Å². The first-order valence-electron chi connectivity index (χ1n) is 5.44. The van der Waals surface area contributed by atoms with Gasteiger partial charge in [-0.25, -0.2) is 4.39 Å². The molecule has 6 heteroatoms. The average molecular weight is 278 g/mol. The lowest BCUT2D eigenvalue weighted by molar-refractivity contribution is 0.100. The quantitative estimate of drug-likeness (QED) is 0.905. The number of carbonyl (C=O) groups is 2. The second kappa shape index (κ2) is 5.19. The van der Waals surface area contributed by atoms with Crippen LogP contribution in [0.15, 0.2) is 29.6 Å². The van der Waals surface area contributed by atoms with E-state index in [-0.39, 0.29) is 11.4 Å². The minimum atomic E-state index is -0.605. The van der Waals surface area contributed by atoms with Crippen molar-refractivity contribution in [2.24, 2.45) is 5.73 Å². The van der Waals surface area contributed by atoms with Crippen LogP contribution in [0.5, 0.6) is 0 Å². The molecule has 0 spiro atoms. The zero-order valence-corrected chi connectivity index (χ0v) is 10.9. The Balaban J connectivity index is 2.23. The standard InChI is InChI=1S/C13H11FN2O2S/c1-7-6-8(2-3-10(7)14)12(18)16-13-9(11(15)17)4-5-19-13/h2-6H,1H3,(H2,15,17)(H,16,18). The summed E-state index contributed by atoms with van der Waals surface area (Å²) in [6.45, 7) is 1.58. The largest absolute Gasteiger partial charge is 0.366 e. The zero-order chi connectivity index (χ0) is 14.0. The number of halogens is 1. The van der Waals surface area contributed by atoms with E-state index in [1.165, 1.54) is 29.5 Å². The predicted molar refractivity (Wildman–Crippen MR) is 71.9 cm³/mol. The van der Waals surface area contributed by atoms with Crippen LogP contribution in [0.3, 0.4) is 0 Å². The van der Waals surface area contributed by atoms with Gasteiger partial charge in [-0.2, -0.15) is 0 Å². The molecule has 3 N–H and O–H groups in total. The molecule has 0 atom stereocenters. The van der Waals surface area contributed by atoms with E-state index in [0.29, 0.717) is 16.1 Å². The number of anilines is 1. The third-order valence-electron chi connectivity index (χ3n) is 2.58. The molecular weight excluding hydrogens is 267 g/mol. The Hall–Kier alpha value is -2.21. The number of hydrogen-bond acceptors (Lipinski definition) is 3. The molecule has 1 aromatic heterocycles. The van der Waals surface area contributed by atoms with Gasteiger partial charge in [0.15, 0.2) is 0 Å². The fraction of sp³-hybridized carbons (Fsp3) is 0.0769. The second-order valence-corrected chi connectivity index (χ2v) is 4.86. The van der Waals surface area contributed by atoms with Crippen molar-refractivity contribution in [2.75, 3.05) is 5.32 Å². The van der Waals surface area contributed by atoms with E-state index in [1.54, 1.807) is 18.4 Å². The number of thiophene rings is 1. The van der Waals surface area contributed by atoms with Gasteiger partial charge in [-0.05, 0) is 42.1 Å². The number of hydrogen-bond donors (Lipinski definition) is 2. The van der Waals surface area contributed by atoms with E-state index in [9.17, 15) is 14.0 Å². The Kier molecular flexibility index (Phi) is 3.62. The smallest absolute Gasteiger partial charge is 0.256 e. The monoisotopic (exact) mass is 278 g/mol. The summed E-state index contributed by atoms with van der Waals surface area (Å²) in [6.07, 6.45) is 0. The Bertz CT molecular complexity index is 652. The van der Waals surface area contributed by atoms with E-state index in [2.05, 4.69) is 5.32 Å². The van der Waals surface area contributed by atoms with E-state index >= 15 is 0 Å². The molecule has 0 aliphatic heterocycles. The van der Waals surface area contributed by atoms with Crippen LogP contribution in [-0.2, 0) is 0 Å². The van der Waals surface area contributed by atoms with Crippen LogP contribution in [0.4, 0.5) is 9.39 Å². The number of rotatable bonds is 3. The molecule has 98 valence electrons. The summed E-state index contributed by atoms with van der Waals surface area (Å²) in [5, 5.41) is 4.64. The highest BCUT2D eigenvalue weighted by Gasteiger charge is 2.14. The molecule has 0 saturated carbocycles. The zero-order valence-electron chi connectivity index (χ0n) is 10.1. The van der Waals surface area contributed by atoms with Crippen LogP contribution in [0.1, 0.15) is 26.3 Å². The molecule has 0 aliphatic rings. The minimum absolute atomic E-state index is 0.261. The van der Waals surface area contributed by atoms with Crippen LogP contribution in [-0.4, -0.2) is 11.8 Å². The second-order valence-electron chi connectivity index (χ2n) is 3.95. The van der Waals surface area contributed by atoms with Gasteiger partial charge >= 0.3 is 0 Å². The van der Waals surface area contributed by atoms with Gasteiger partial charge in [0.1, 0.15) is 10.8 Å². The van der Waals surface area contributed by atoms with Crippen molar-refractivity contribution in [2.45, 2.75) is 6.92 Å². The molecule has 0 fully saturated rings. The highest BCUT2D eigenvalue weighted by Crippen LogP contribution is 2.23. The average Bonchev–Trinajstić information content (AvgIpc) is 2.80. The predicted octanol–water partition coefficient (Wildman–Crippen LogP) is 2.55. The summed E-state index contributed by atoms with van der Waals surface area (Å²) in [5.41, 5.74) is 6.15. The van der Waals surface area contributed by atoms with Crippen LogP contribution in [0.2, 0.25) is 0 Å². The van der Waals surface area contributed by atoms with Crippen molar-refractivity contribution >= 4 is 28.2 Å². The molecule has 2 rings (SSSR count). The lowest BCUT2D eigenvalue weighted by atomic mass is 10.1. The number of primary amides is 1. The third-order valence-corrected chi connectivity index (χ3v) is 3.41. The lowest BCUT2D eigenvalue weighted by Crippen LogP contribution is -2.16. The Labute approximate surface area is 113 Å². The van der Waals surface area contributed by atoms with Gasteiger partial charge < -0.3 is 11.1 Å². The topological polar surface area (TPSA) is 72.2 Å². The molecule has 1 aromatic carbocycles. The molecule has 0 saturated heterocycles. The summed E-state index contributed by atoms with van der Waals surface area (Å²) in [7, 11) is 0. The number of nitrogens with two attached hydrogens (primary N) is 1. The maximum Gasteiger partial charge on any atom is 0.256 e. The van der Waals surface area contributed by atoms with E-state index in [0.717, 1.165) is 0 Å². The van der Waals surface area contributed by atoms with Gasteiger partial charge in [-0.15, -0.1) is 11.3 Å². The molecule has 19 heavy (non-hydrogen) atoms. The van der Waals surface area contributed by atoms with Gasteiger partial charge in [0.2, 0.25) is 0 Å². The number of carbonyl (C=O) groups excluding carboxylic acids is 2. The summed E-state index contributed by atoms with van der Waals surface area (Å²) in [6, 6.07) is 5.60. The fourth-order valence-corrected chi connectivity index (χ4v) is 2.35. The normalized spacial score (nSPS) is 10.2. The summed E-state index contributed by atoms with van der Waals surface area (Å²) < 4.78 is 13.1. The van der Waals surface area contributed by atoms with Gasteiger partial charge in [-0.1, -0.05) is 0 Å². The summed E-state index contributed by atoms with van der Waals surface area (Å²) >= 11 is 1.20. The summed E-state index contributed by atoms with van der Waals surface area (Å²) in [4.78, 5) is 23.1. The van der Waals surface area contributed by atoms with Crippen LogP contribution in [0, 0.1) is 12.7 Å². The first-order valence-corrected chi connectivity index (χ1v) is 6.32. The number of aryl methyl sites for hydroxylation is 1. The van der Waals surface area contributed by atoms with Crippen molar-refractivity contribution in [3.63, 3.8) is 0 Å². The molecule has 0 unspecified atom stereocenters. The molecule has 4 nitrogen and oxygen atoms in total. The van der Waals surface area contributed by atoms with E-state index < -0.39 is 11.8 Å². The molecule has 0 bridgehead atoms. The fourth-order valence-electron chi connectivity index (χ4n) is 1.56. The Morgan fingerprint density at radius 1 is 1.32 bits per heavy atom. The van der Waals surface area contributed by atoms with Gasteiger partial charge in [0.25, 0.3) is 11.8 Å². The highest BCUT2D eigenvalue weighted by atomic mass is 32.1. The van der Waals surface area contributed by atoms with Gasteiger partial charge in [0, 0.05) is 5.56 Å². The highest BCUT2D eigenvalue weighted by molar-refractivity contribution is 7.14. The molecule has 2 amide bonds. The lowest BCUT2D eigenvalue weighted by Gasteiger charge is -2.05. The van der Waals surface area contributed by atoms with Crippen molar-refractivity contribution < 1.29 is 14.0 Å². The van der Waals surface area contributed by atoms with Gasteiger partial charge in [0.05, 0.1) is 5.56 Å². The van der Waals surface area contributed by atoms with Gasteiger partial charge in [-0.3, -0.25) is 9.59 Å². The molecular formula is C13H11FN2O2S. The molecule has 1 heterocycles.